The van der Waals surface area contributed by atoms with Gasteiger partial charge in [-0.1, -0.05) is 43.5 Å². The lowest BCUT2D eigenvalue weighted by molar-refractivity contribution is 0.0910. The summed E-state index contributed by atoms with van der Waals surface area (Å²) in [7, 11) is 0. The average Bonchev–Trinajstić information content (AvgIpc) is 2.75. The molecule has 1 fully saturated rings. The van der Waals surface area contributed by atoms with Crippen LogP contribution in [0.25, 0.3) is 22.3 Å². The predicted octanol–water partition coefficient (Wildman–Crippen LogP) is 3.80. The molecule has 1 amide bonds. The topological polar surface area (TPSA) is 108 Å². The molecule has 1 unspecified atom stereocenters. The molecular weight excluding hydrogens is 368 g/mol. The fourth-order valence-corrected chi connectivity index (χ4v) is 4.03. The summed E-state index contributed by atoms with van der Waals surface area (Å²) in [5.74, 6) is -1.29. The monoisotopic (exact) mass is 392 g/mol. The van der Waals surface area contributed by atoms with Crippen LogP contribution in [-0.4, -0.2) is 37.1 Å². The van der Waals surface area contributed by atoms with Crippen LogP contribution in [-0.2, 0) is 0 Å². The number of amides is 1. The van der Waals surface area contributed by atoms with Gasteiger partial charge in [0.15, 0.2) is 11.5 Å². The maximum Gasteiger partial charge on any atom is 0.274 e. The molecule has 3 N–H and O–H groups in total. The lowest BCUT2D eigenvalue weighted by atomic mass is 9.84. The van der Waals surface area contributed by atoms with Crippen molar-refractivity contribution in [3.8, 4) is 23.1 Å². The predicted molar refractivity (Wildman–Crippen MR) is 110 cm³/mol. The summed E-state index contributed by atoms with van der Waals surface area (Å²) in [5.41, 5.74) is 0.192. The highest BCUT2D eigenvalue weighted by atomic mass is 16.3. The van der Waals surface area contributed by atoms with Crippen molar-refractivity contribution in [3.63, 3.8) is 0 Å². The fraction of sp³-hybridized carbons (Fsp3) is 0.364. The molecule has 29 heavy (non-hydrogen) atoms. The van der Waals surface area contributed by atoms with E-state index in [0.29, 0.717) is 11.6 Å². The Morgan fingerprint density at radius 3 is 2.66 bits per heavy atom. The van der Waals surface area contributed by atoms with E-state index in [1.54, 1.807) is 6.20 Å². The molecule has 2 heterocycles. The van der Waals surface area contributed by atoms with E-state index in [0.717, 1.165) is 23.6 Å². The van der Waals surface area contributed by atoms with Gasteiger partial charge in [-0.15, -0.1) is 0 Å². The number of carbonyl (C=O) groups excluding carboxylic acids is 1. The number of benzene rings is 1. The summed E-state index contributed by atoms with van der Waals surface area (Å²) in [5, 5.41) is 25.0. The Kier molecular flexibility index (Phi) is 5.29. The Morgan fingerprint density at radius 1 is 1.10 bits per heavy atom. The first-order valence-electron chi connectivity index (χ1n) is 9.99. The number of fused-ring (bicyclic) bond motifs is 1. The van der Waals surface area contributed by atoms with Crippen LogP contribution in [0.2, 0.25) is 0 Å². The molecule has 4 rings (SSSR count). The van der Waals surface area contributed by atoms with Crippen molar-refractivity contribution in [3.05, 3.63) is 42.2 Å². The average molecular weight is 392 g/mol. The normalized spacial score (nSPS) is 15.9. The Hall–Kier alpha value is -3.22. The smallest absolute Gasteiger partial charge is 0.274 e. The molecule has 1 aliphatic carbocycles. The first-order valence-corrected chi connectivity index (χ1v) is 9.99. The number of aromatic nitrogens is 3. The molecule has 1 aliphatic rings. The van der Waals surface area contributed by atoms with Gasteiger partial charge in [0.1, 0.15) is 5.69 Å². The van der Waals surface area contributed by atoms with Crippen LogP contribution in [0.3, 0.4) is 0 Å². The maximum absolute atomic E-state index is 12.8. The molecule has 1 atom stereocenters. The summed E-state index contributed by atoms with van der Waals surface area (Å²) >= 11 is 0. The fourth-order valence-electron chi connectivity index (χ4n) is 4.03. The Bertz CT molecular complexity index is 1040. The third-order valence-corrected chi connectivity index (χ3v) is 5.68. The van der Waals surface area contributed by atoms with Crippen LogP contribution in [0.15, 0.2) is 36.5 Å². The zero-order valence-corrected chi connectivity index (χ0v) is 16.3. The van der Waals surface area contributed by atoms with Gasteiger partial charge in [-0.05, 0) is 37.1 Å². The highest BCUT2D eigenvalue weighted by molar-refractivity contribution is 5.97. The number of nitrogens with zero attached hydrogens (tertiary/aromatic N) is 3. The molecule has 2 aromatic heterocycles. The molecule has 1 saturated carbocycles. The molecule has 150 valence electrons. The van der Waals surface area contributed by atoms with E-state index in [9.17, 15) is 15.0 Å². The SMILES string of the molecule is CC(NC(=O)c1nc(-c2nccc3ccccc23)nc(O)c1O)C1CCCCC1. The van der Waals surface area contributed by atoms with E-state index in [2.05, 4.69) is 20.3 Å². The van der Waals surface area contributed by atoms with Gasteiger partial charge in [-0.3, -0.25) is 9.78 Å². The minimum atomic E-state index is -0.639. The van der Waals surface area contributed by atoms with Gasteiger partial charge in [-0.2, -0.15) is 4.98 Å². The number of pyridine rings is 1. The number of hydrogen-bond donors (Lipinski definition) is 3. The van der Waals surface area contributed by atoms with Crippen LogP contribution < -0.4 is 5.32 Å². The van der Waals surface area contributed by atoms with Crippen molar-refractivity contribution in [1.82, 2.24) is 20.3 Å². The first kappa shape index (κ1) is 19.1. The van der Waals surface area contributed by atoms with E-state index in [1.807, 2.05) is 37.3 Å². The number of hydrogen-bond acceptors (Lipinski definition) is 6. The Labute approximate surface area is 168 Å². The molecule has 7 nitrogen and oxygen atoms in total. The number of aromatic hydroxyl groups is 2. The largest absolute Gasteiger partial charge is 0.501 e. The van der Waals surface area contributed by atoms with Gasteiger partial charge < -0.3 is 15.5 Å². The molecule has 0 aliphatic heterocycles. The molecular formula is C22H24N4O3. The lowest BCUT2D eigenvalue weighted by Gasteiger charge is -2.28. The van der Waals surface area contributed by atoms with Crippen molar-refractivity contribution in [1.29, 1.82) is 0 Å². The molecule has 0 bridgehead atoms. The molecule has 0 saturated heterocycles. The van der Waals surface area contributed by atoms with Crippen molar-refractivity contribution in [2.75, 3.05) is 0 Å². The minimum Gasteiger partial charge on any atom is -0.501 e. The zero-order valence-electron chi connectivity index (χ0n) is 16.3. The summed E-state index contributed by atoms with van der Waals surface area (Å²) in [6.07, 6.45) is 7.35. The van der Waals surface area contributed by atoms with Crippen LogP contribution in [0.1, 0.15) is 49.5 Å². The van der Waals surface area contributed by atoms with Gasteiger partial charge in [0.05, 0.1) is 0 Å². The molecule has 3 aromatic rings. The first-order chi connectivity index (χ1) is 14.0. The molecule has 0 spiro atoms. The summed E-state index contributed by atoms with van der Waals surface area (Å²) < 4.78 is 0. The van der Waals surface area contributed by atoms with Gasteiger partial charge in [-0.25, -0.2) is 4.98 Å². The second-order valence-corrected chi connectivity index (χ2v) is 7.61. The Balaban J connectivity index is 1.67. The highest BCUT2D eigenvalue weighted by Gasteiger charge is 2.26. The van der Waals surface area contributed by atoms with E-state index in [1.165, 1.54) is 19.3 Å². The standard InChI is InChI=1S/C22H24N4O3/c1-13(14-7-3-2-4-8-14)24-21(28)18-19(27)22(29)26-20(25-18)17-16-10-6-5-9-15(16)11-12-23-17/h5-6,9-14,27H,2-4,7-8H2,1H3,(H,24,28)(H,25,26,29). The summed E-state index contributed by atoms with van der Waals surface area (Å²) in [4.78, 5) is 25.4. The van der Waals surface area contributed by atoms with Gasteiger partial charge in [0.2, 0.25) is 5.75 Å². The highest BCUT2D eigenvalue weighted by Crippen LogP contribution is 2.31. The van der Waals surface area contributed by atoms with Crippen molar-refractivity contribution < 1.29 is 15.0 Å². The van der Waals surface area contributed by atoms with Crippen LogP contribution in [0, 0.1) is 5.92 Å². The van der Waals surface area contributed by atoms with E-state index >= 15 is 0 Å². The maximum atomic E-state index is 12.8. The van der Waals surface area contributed by atoms with Gasteiger partial charge >= 0.3 is 0 Å². The number of rotatable bonds is 4. The summed E-state index contributed by atoms with van der Waals surface area (Å²) in [6, 6.07) is 9.40. The van der Waals surface area contributed by atoms with Crippen molar-refractivity contribution >= 4 is 16.7 Å². The minimum absolute atomic E-state index is 0.0431. The van der Waals surface area contributed by atoms with Gasteiger partial charge in [0, 0.05) is 17.6 Å². The number of carbonyl (C=O) groups is 1. The molecule has 1 aromatic carbocycles. The van der Waals surface area contributed by atoms with Crippen LogP contribution in [0.4, 0.5) is 0 Å². The zero-order chi connectivity index (χ0) is 20.4. The van der Waals surface area contributed by atoms with E-state index < -0.39 is 17.5 Å². The quantitative estimate of drug-likeness (QED) is 0.623. The lowest BCUT2D eigenvalue weighted by Crippen LogP contribution is -2.39. The van der Waals surface area contributed by atoms with Crippen molar-refractivity contribution in [2.24, 2.45) is 5.92 Å². The van der Waals surface area contributed by atoms with E-state index in [-0.39, 0.29) is 17.6 Å². The van der Waals surface area contributed by atoms with E-state index in [4.69, 9.17) is 0 Å². The van der Waals surface area contributed by atoms with Crippen LogP contribution >= 0.6 is 0 Å². The third kappa shape index (κ3) is 3.85. The van der Waals surface area contributed by atoms with Gasteiger partial charge in [0.25, 0.3) is 11.8 Å². The number of nitrogens with one attached hydrogen (secondary N) is 1. The van der Waals surface area contributed by atoms with Crippen molar-refractivity contribution in [2.45, 2.75) is 45.1 Å². The second kappa shape index (κ2) is 8.03. The Morgan fingerprint density at radius 2 is 1.86 bits per heavy atom. The third-order valence-electron chi connectivity index (χ3n) is 5.68. The molecule has 0 radical (unpaired) electrons. The van der Waals surface area contributed by atoms with Crippen LogP contribution in [0.5, 0.6) is 11.6 Å². The summed E-state index contributed by atoms with van der Waals surface area (Å²) in [6.45, 7) is 1.97. The second-order valence-electron chi connectivity index (χ2n) is 7.61. The molecule has 7 heteroatoms.